The van der Waals surface area contributed by atoms with Gasteiger partial charge in [0, 0.05) is 0 Å². The standard InChI is InChI=1S/C14H18/c1-2-12-10-14(12)9-5-7-11-6-3-4-8-13(11)14/h3-4,6,8,12H,2,5,7,9-10H2,1H3. The lowest BCUT2D eigenvalue weighted by atomic mass is 9.78. The zero-order valence-corrected chi connectivity index (χ0v) is 8.92. The largest absolute Gasteiger partial charge is 0.0651 e. The van der Waals surface area contributed by atoms with E-state index in [0.717, 1.165) is 5.92 Å². The van der Waals surface area contributed by atoms with Crippen molar-refractivity contribution in [2.24, 2.45) is 5.92 Å². The van der Waals surface area contributed by atoms with Gasteiger partial charge in [-0.3, -0.25) is 0 Å². The van der Waals surface area contributed by atoms with Crippen LogP contribution in [0.25, 0.3) is 0 Å². The van der Waals surface area contributed by atoms with E-state index in [4.69, 9.17) is 0 Å². The van der Waals surface area contributed by atoms with Crippen LogP contribution in [0.3, 0.4) is 0 Å². The first kappa shape index (κ1) is 8.52. The summed E-state index contributed by atoms with van der Waals surface area (Å²) in [5.41, 5.74) is 3.96. The van der Waals surface area contributed by atoms with Gasteiger partial charge in [-0.2, -0.15) is 0 Å². The fraction of sp³-hybridized carbons (Fsp3) is 0.571. The third kappa shape index (κ3) is 1.00. The van der Waals surface area contributed by atoms with E-state index in [-0.39, 0.29) is 0 Å². The Bertz CT molecular complexity index is 353. The summed E-state index contributed by atoms with van der Waals surface area (Å²) in [5.74, 6) is 0.990. The van der Waals surface area contributed by atoms with Gasteiger partial charge in [0.1, 0.15) is 0 Å². The minimum atomic E-state index is 0.629. The zero-order chi connectivity index (χ0) is 9.60. The molecule has 0 N–H and O–H groups in total. The summed E-state index contributed by atoms with van der Waals surface area (Å²) in [5, 5.41) is 0. The maximum Gasteiger partial charge on any atom is -0.00127 e. The van der Waals surface area contributed by atoms with Crippen LogP contribution in [0.1, 0.15) is 43.7 Å². The lowest BCUT2D eigenvalue weighted by Gasteiger charge is -2.26. The predicted octanol–water partition coefficient (Wildman–Crippen LogP) is 3.69. The monoisotopic (exact) mass is 186 g/mol. The van der Waals surface area contributed by atoms with Gasteiger partial charge in [-0.15, -0.1) is 0 Å². The molecule has 0 aliphatic heterocycles. The molecule has 0 aromatic heterocycles. The molecule has 1 spiro atoms. The minimum Gasteiger partial charge on any atom is -0.0651 e. The first-order valence-electron chi connectivity index (χ1n) is 5.95. The number of rotatable bonds is 1. The molecule has 74 valence electrons. The Morgan fingerprint density at radius 3 is 3.00 bits per heavy atom. The predicted molar refractivity (Wildman–Crippen MR) is 59.5 cm³/mol. The van der Waals surface area contributed by atoms with Gasteiger partial charge in [-0.1, -0.05) is 37.6 Å². The maximum absolute atomic E-state index is 2.38. The van der Waals surface area contributed by atoms with Crippen molar-refractivity contribution in [1.82, 2.24) is 0 Å². The van der Waals surface area contributed by atoms with E-state index in [9.17, 15) is 0 Å². The maximum atomic E-state index is 2.38. The van der Waals surface area contributed by atoms with E-state index < -0.39 is 0 Å². The quantitative estimate of drug-likeness (QED) is 0.627. The third-order valence-corrected chi connectivity index (χ3v) is 4.35. The lowest BCUT2D eigenvalue weighted by molar-refractivity contribution is 0.491. The fourth-order valence-corrected chi connectivity index (χ4v) is 3.50. The Morgan fingerprint density at radius 2 is 2.21 bits per heavy atom. The van der Waals surface area contributed by atoms with Crippen molar-refractivity contribution in [3.05, 3.63) is 35.4 Å². The molecule has 2 aliphatic carbocycles. The van der Waals surface area contributed by atoms with Crippen molar-refractivity contribution < 1.29 is 0 Å². The smallest absolute Gasteiger partial charge is 0.00127 e. The zero-order valence-electron chi connectivity index (χ0n) is 8.92. The van der Waals surface area contributed by atoms with Crippen LogP contribution in [0.4, 0.5) is 0 Å². The summed E-state index contributed by atoms with van der Waals surface area (Å²) >= 11 is 0. The third-order valence-electron chi connectivity index (χ3n) is 4.35. The van der Waals surface area contributed by atoms with Crippen LogP contribution in [-0.4, -0.2) is 0 Å². The topological polar surface area (TPSA) is 0 Å². The number of aryl methyl sites for hydroxylation is 1. The van der Waals surface area contributed by atoms with Gasteiger partial charge >= 0.3 is 0 Å². The summed E-state index contributed by atoms with van der Waals surface area (Å²) in [7, 11) is 0. The molecule has 0 nitrogen and oxygen atoms in total. The van der Waals surface area contributed by atoms with E-state index in [2.05, 4.69) is 31.2 Å². The molecule has 0 saturated heterocycles. The molecular weight excluding hydrogens is 168 g/mol. The Hall–Kier alpha value is -0.780. The molecule has 0 heteroatoms. The van der Waals surface area contributed by atoms with Crippen LogP contribution in [0, 0.1) is 5.92 Å². The Morgan fingerprint density at radius 1 is 1.36 bits per heavy atom. The van der Waals surface area contributed by atoms with Crippen LogP contribution in [-0.2, 0) is 11.8 Å². The second-order valence-electron chi connectivity index (χ2n) is 4.98. The average molecular weight is 186 g/mol. The van der Waals surface area contributed by atoms with Gasteiger partial charge in [0.2, 0.25) is 0 Å². The summed E-state index contributed by atoms with van der Waals surface area (Å²) in [4.78, 5) is 0. The van der Waals surface area contributed by atoms with Crippen molar-refractivity contribution in [1.29, 1.82) is 0 Å². The highest BCUT2D eigenvalue weighted by atomic mass is 14.6. The van der Waals surface area contributed by atoms with Gasteiger partial charge in [-0.05, 0) is 48.1 Å². The summed E-state index contributed by atoms with van der Waals surface area (Å²) in [6, 6.07) is 9.13. The van der Waals surface area contributed by atoms with Gasteiger partial charge in [-0.25, -0.2) is 0 Å². The molecule has 0 bridgehead atoms. The number of benzene rings is 1. The summed E-state index contributed by atoms with van der Waals surface area (Å²) in [6.07, 6.45) is 7.00. The molecular formula is C14H18. The summed E-state index contributed by atoms with van der Waals surface area (Å²) in [6.45, 7) is 2.34. The first-order chi connectivity index (χ1) is 6.87. The molecule has 2 unspecified atom stereocenters. The molecule has 0 radical (unpaired) electrons. The van der Waals surface area contributed by atoms with Gasteiger partial charge in [0.25, 0.3) is 0 Å². The number of hydrogen-bond donors (Lipinski definition) is 0. The van der Waals surface area contributed by atoms with E-state index in [1.807, 2.05) is 0 Å². The van der Waals surface area contributed by atoms with E-state index in [1.165, 1.54) is 32.1 Å². The minimum absolute atomic E-state index is 0.629. The number of fused-ring (bicyclic) bond motifs is 2. The van der Waals surface area contributed by atoms with Crippen molar-refractivity contribution in [2.45, 2.75) is 44.4 Å². The highest BCUT2D eigenvalue weighted by Gasteiger charge is 2.54. The Balaban J connectivity index is 2.05. The van der Waals surface area contributed by atoms with Gasteiger partial charge in [0.15, 0.2) is 0 Å². The van der Waals surface area contributed by atoms with Crippen molar-refractivity contribution in [3.8, 4) is 0 Å². The average Bonchev–Trinajstić information content (AvgIpc) is 2.94. The van der Waals surface area contributed by atoms with E-state index in [0.29, 0.717) is 5.41 Å². The molecule has 0 amide bonds. The Labute approximate surface area is 86.3 Å². The van der Waals surface area contributed by atoms with Crippen molar-refractivity contribution in [2.75, 3.05) is 0 Å². The van der Waals surface area contributed by atoms with E-state index in [1.54, 1.807) is 11.1 Å². The van der Waals surface area contributed by atoms with Gasteiger partial charge in [0.05, 0.1) is 0 Å². The highest BCUT2D eigenvalue weighted by molar-refractivity contribution is 5.42. The van der Waals surface area contributed by atoms with E-state index >= 15 is 0 Å². The SMILES string of the molecule is CCC1CC12CCCc1ccccc12. The lowest BCUT2D eigenvalue weighted by Crippen LogP contribution is -2.18. The van der Waals surface area contributed by atoms with Crippen LogP contribution in [0.2, 0.25) is 0 Å². The second kappa shape index (κ2) is 2.85. The molecule has 14 heavy (non-hydrogen) atoms. The Kier molecular flexibility index (Phi) is 1.74. The van der Waals surface area contributed by atoms with Crippen LogP contribution in [0.15, 0.2) is 24.3 Å². The first-order valence-corrected chi connectivity index (χ1v) is 5.95. The molecule has 1 aromatic carbocycles. The summed E-state index contributed by atoms with van der Waals surface area (Å²) < 4.78 is 0. The van der Waals surface area contributed by atoms with Crippen LogP contribution >= 0.6 is 0 Å². The molecule has 2 atom stereocenters. The molecule has 1 saturated carbocycles. The molecule has 3 rings (SSSR count). The second-order valence-corrected chi connectivity index (χ2v) is 4.98. The van der Waals surface area contributed by atoms with Crippen LogP contribution < -0.4 is 0 Å². The normalized spacial score (nSPS) is 34.2. The van der Waals surface area contributed by atoms with Crippen molar-refractivity contribution in [3.63, 3.8) is 0 Å². The van der Waals surface area contributed by atoms with Gasteiger partial charge < -0.3 is 0 Å². The molecule has 0 heterocycles. The van der Waals surface area contributed by atoms with Crippen LogP contribution in [0.5, 0.6) is 0 Å². The van der Waals surface area contributed by atoms with Crippen molar-refractivity contribution >= 4 is 0 Å². The molecule has 2 aliphatic rings. The molecule has 1 fully saturated rings. The molecule has 1 aromatic rings. The number of hydrogen-bond acceptors (Lipinski definition) is 0. The highest BCUT2D eigenvalue weighted by Crippen LogP contribution is 2.61. The fourth-order valence-electron chi connectivity index (χ4n) is 3.50.